The number of hydrogen-bond donors (Lipinski definition) is 6. The zero-order valence-electron chi connectivity index (χ0n) is 9.29. The molecule has 0 amide bonds. The molecule has 1 fully saturated rings. The van der Waals surface area contributed by atoms with Crippen LogP contribution in [-0.4, -0.2) is 86.6 Å². The van der Waals surface area contributed by atoms with Crippen LogP contribution in [0, 0.1) is 0 Å². The molecule has 1 aliphatic rings. The Kier molecular flexibility index (Phi) is 5.41. The van der Waals surface area contributed by atoms with Crippen molar-refractivity contribution in [1.82, 2.24) is 0 Å². The van der Waals surface area contributed by atoms with E-state index in [4.69, 9.17) is 24.8 Å². The molecule has 1 rings (SSSR count). The Hall–Kier alpha value is -0.810. The van der Waals surface area contributed by atoms with E-state index in [1.807, 2.05) is 0 Å². The third-order valence-electron chi connectivity index (χ3n) is 2.59. The minimum absolute atomic E-state index is 0.651. The van der Waals surface area contributed by atoms with Gasteiger partial charge in [-0.2, -0.15) is 0 Å². The van der Waals surface area contributed by atoms with E-state index in [1.54, 1.807) is 0 Å². The van der Waals surface area contributed by atoms with Gasteiger partial charge in [0.15, 0.2) is 12.4 Å². The number of carboxylic acid groups (broad SMARTS) is 1. The summed E-state index contributed by atoms with van der Waals surface area (Å²) in [5, 5.41) is 54.7. The van der Waals surface area contributed by atoms with Gasteiger partial charge in [-0.1, -0.05) is 0 Å². The van der Waals surface area contributed by atoms with Crippen molar-refractivity contribution in [1.29, 1.82) is 0 Å². The van der Waals surface area contributed by atoms with Gasteiger partial charge in [-0.25, -0.2) is 4.79 Å². The Labute approximate surface area is 102 Å². The lowest BCUT2D eigenvalue weighted by molar-refractivity contribution is -0.311. The normalized spacial score (nSPS) is 38.4. The zero-order valence-corrected chi connectivity index (χ0v) is 9.29. The summed E-state index contributed by atoms with van der Waals surface area (Å²) in [6.45, 7) is -1.51. The molecule has 18 heavy (non-hydrogen) atoms. The van der Waals surface area contributed by atoms with Gasteiger partial charge in [-0.3, -0.25) is 0 Å². The lowest BCUT2D eigenvalue weighted by Gasteiger charge is -2.40. The maximum Gasteiger partial charge on any atom is 0.335 e. The van der Waals surface area contributed by atoms with Crippen LogP contribution in [0.5, 0.6) is 0 Å². The summed E-state index contributed by atoms with van der Waals surface area (Å²) in [5.41, 5.74) is 0. The number of aliphatic hydroxyl groups excluding tert-OH is 5. The number of aliphatic carboxylic acids is 1. The molecule has 0 saturated carbocycles. The third-order valence-corrected chi connectivity index (χ3v) is 2.59. The molecular weight excluding hydrogens is 252 g/mol. The van der Waals surface area contributed by atoms with Crippen molar-refractivity contribution >= 4 is 5.97 Å². The molecule has 0 radical (unpaired) electrons. The maximum atomic E-state index is 10.6. The summed E-state index contributed by atoms with van der Waals surface area (Å²) in [7, 11) is 0. The molecule has 3 unspecified atom stereocenters. The van der Waals surface area contributed by atoms with Crippen molar-refractivity contribution in [2.45, 2.75) is 36.8 Å². The lowest BCUT2D eigenvalue weighted by Crippen LogP contribution is -2.60. The highest BCUT2D eigenvalue weighted by Gasteiger charge is 2.45. The van der Waals surface area contributed by atoms with Gasteiger partial charge in [-0.15, -0.1) is 0 Å². The van der Waals surface area contributed by atoms with Crippen LogP contribution >= 0.6 is 0 Å². The smallest absolute Gasteiger partial charge is 0.335 e. The SMILES string of the molecule is O=C(O)[C@@H](CO)O[C@@H]1O[C@@H](CO)C(O)C(O)C1O. The lowest BCUT2D eigenvalue weighted by atomic mass is 9.99. The summed E-state index contributed by atoms with van der Waals surface area (Å²) in [4.78, 5) is 10.6. The first kappa shape index (κ1) is 15.2. The fourth-order valence-electron chi connectivity index (χ4n) is 1.52. The maximum absolute atomic E-state index is 10.6. The van der Waals surface area contributed by atoms with Crippen LogP contribution in [0.3, 0.4) is 0 Å². The molecule has 6 N–H and O–H groups in total. The van der Waals surface area contributed by atoms with Crippen molar-refractivity contribution < 1.29 is 44.9 Å². The number of ether oxygens (including phenoxy) is 2. The Morgan fingerprint density at radius 1 is 1.17 bits per heavy atom. The van der Waals surface area contributed by atoms with Gasteiger partial charge < -0.3 is 40.1 Å². The zero-order chi connectivity index (χ0) is 13.9. The van der Waals surface area contributed by atoms with Crippen LogP contribution in [0.25, 0.3) is 0 Å². The van der Waals surface area contributed by atoms with Gasteiger partial charge in [0.1, 0.15) is 24.4 Å². The first-order valence-electron chi connectivity index (χ1n) is 5.22. The van der Waals surface area contributed by atoms with Crippen LogP contribution in [0.1, 0.15) is 0 Å². The van der Waals surface area contributed by atoms with E-state index in [1.165, 1.54) is 0 Å². The van der Waals surface area contributed by atoms with Crippen molar-refractivity contribution in [3.8, 4) is 0 Å². The van der Waals surface area contributed by atoms with Crippen LogP contribution < -0.4 is 0 Å². The van der Waals surface area contributed by atoms with Crippen LogP contribution in [0.2, 0.25) is 0 Å². The second-order valence-corrected chi connectivity index (χ2v) is 3.84. The summed E-state index contributed by atoms with van der Waals surface area (Å²) < 4.78 is 9.67. The molecule has 9 heteroatoms. The summed E-state index contributed by atoms with van der Waals surface area (Å²) in [6.07, 6.45) is -9.32. The highest BCUT2D eigenvalue weighted by molar-refractivity contribution is 5.72. The van der Waals surface area contributed by atoms with Crippen molar-refractivity contribution in [3.63, 3.8) is 0 Å². The van der Waals surface area contributed by atoms with Crippen molar-refractivity contribution in [2.24, 2.45) is 0 Å². The topological polar surface area (TPSA) is 157 Å². The molecule has 0 aromatic heterocycles. The summed E-state index contributed by atoms with van der Waals surface area (Å²) >= 11 is 0. The van der Waals surface area contributed by atoms with E-state index in [0.717, 1.165) is 0 Å². The second-order valence-electron chi connectivity index (χ2n) is 3.84. The minimum Gasteiger partial charge on any atom is -0.479 e. The minimum atomic E-state index is -1.70. The number of hydrogen-bond acceptors (Lipinski definition) is 8. The van der Waals surface area contributed by atoms with Crippen molar-refractivity contribution in [2.75, 3.05) is 13.2 Å². The predicted molar refractivity (Wildman–Crippen MR) is 53.4 cm³/mol. The average molecular weight is 268 g/mol. The number of carboxylic acids is 1. The molecule has 0 aromatic carbocycles. The van der Waals surface area contributed by atoms with Crippen LogP contribution in [0.15, 0.2) is 0 Å². The Bertz CT molecular complexity index is 281. The Morgan fingerprint density at radius 3 is 2.22 bits per heavy atom. The van der Waals surface area contributed by atoms with Gasteiger partial charge in [-0.05, 0) is 0 Å². The van der Waals surface area contributed by atoms with Gasteiger partial charge >= 0.3 is 5.97 Å². The molecule has 0 spiro atoms. The molecule has 6 atom stereocenters. The first-order valence-corrected chi connectivity index (χ1v) is 5.22. The Morgan fingerprint density at radius 2 is 1.78 bits per heavy atom. The van der Waals surface area contributed by atoms with Crippen LogP contribution in [0.4, 0.5) is 0 Å². The van der Waals surface area contributed by atoms with E-state index in [-0.39, 0.29) is 0 Å². The molecule has 0 aromatic rings. The van der Waals surface area contributed by atoms with Gasteiger partial charge in [0.05, 0.1) is 13.2 Å². The van der Waals surface area contributed by atoms with E-state index >= 15 is 0 Å². The van der Waals surface area contributed by atoms with E-state index < -0.39 is 56.0 Å². The molecule has 0 aliphatic carbocycles. The summed E-state index contributed by atoms with van der Waals surface area (Å²) in [5.74, 6) is -1.48. The largest absolute Gasteiger partial charge is 0.479 e. The highest BCUT2D eigenvalue weighted by atomic mass is 16.7. The monoisotopic (exact) mass is 268 g/mol. The standard InChI is InChI=1S/C9H16O9/c10-1-3-5(12)6(13)7(14)9(17-3)18-4(2-11)8(15)16/h3-7,9-14H,1-2H2,(H,15,16)/t3-,4+,5?,6?,7?,9-/m0/s1. The van der Waals surface area contributed by atoms with E-state index in [2.05, 4.69) is 0 Å². The molecule has 1 aliphatic heterocycles. The molecular formula is C9H16O9. The third kappa shape index (κ3) is 3.14. The quantitative estimate of drug-likeness (QED) is 0.294. The highest BCUT2D eigenvalue weighted by Crippen LogP contribution is 2.22. The molecule has 0 bridgehead atoms. The second kappa shape index (κ2) is 6.38. The Balaban J connectivity index is 2.72. The van der Waals surface area contributed by atoms with Crippen LogP contribution in [-0.2, 0) is 14.3 Å². The molecule has 106 valence electrons. The fraction of sp³-hybridized carbons (Fsp3) is 0.889. The number of carbonyl (C=O) groups is 1. The summed E-state index contributed by atoms with van der Waals surface area (Å²) in [6, 6.07) is 0. The number of rotatable bonds is 5. The molecule has 9 nitrogen and oxygen atoms in total. The first-order chi connectivity index (χ1) is 8.42. The molecule has 1 saturated heterocycles. The molecule has 1 heterocycles. The van der Waals surface area contributed by atoms with Gasteiger partial charge in [0, 0.05) is 0 Å². The van der Waals surface area contributed by atoms with E-state index in [9.17, 15) is 20.1 Å². The van der Waals surface area contributed by atoms with Gasteiger partial charge in [0.25, 0.3) is 0 Å². The van der Waals surface area contributed by atoms with E-state index in [0.29, 0.717) is 0 Å². The predicted octanol–water partition coefficient (Wildman–Crippen LogP) is -3.75. The van der Waals surface area contributed by atoms with Gasteiger partial charge in [0.2, 0.25) is 0 Å². The van der Waals surface area contributed by atoms with Crippen molar-refractivity contribution in [3.05, 3.63) is 0 Å². The number of aliphatic hydroxyl groups is 5. The average Bonchev–Trinajstić information content (AvgIpc) is 2.35. The fourth-order valence-corrected chi connectivity index (χ4v) is 1.52.